The maximum atomic E-state index is 15.1. The van der Waals surface area contributed by atoms with E-state index in [1.165, 1.54) is 4.57 Å². The number of allylic oxidation sites excluding steroid dienone is 1. The van der Waals surface area contributed by atoms with E-state index in [2.05, 4.69) is 27.2 Å². The van der Waals surface area contributed by atoms with Gasteiger partial charge in [0.15, 0.2) is 11.8 Å². The van der Waals surface area contributed by atoms with Crippen molar-refractivity contribution in [2.75, 3.05) is 13.1 Å². The van der Waals surface area contributed by atoms with Crippen molar-refractivity contribution in [1.29, 1.82) is 5.41 Å². The van der Waals surface area contributed by atoms with Crippen LogP contribution in [0, 0.1) is 11.2 Å². The van der Waals surface area contributed by atoms with Crippen LogP contribution in [-0.4, -0.2) is 39.6 Å². The second-order valence-electron chi connectivity index (χ2n) is 10.8. The van der Waals surface area contributed by atoms with E-state index in [0.717, 1.165) is 56.2 Å². The molecule has 2 aromatic heterocycles. The Hall–Kier alpha value is -3.99. The minimum absolute atomic E-state index is 0.0351. The molecule has 0 aliphatic carbocycles. The summed E-state index contributed by atoms with van der Waals surface area (Å²) in [5.74, 6) is -0.558. The smallest absolute Gasteiger partial charge is 0.354 e. The number of hydrogen-bond donors (Lipinski definition) is 6. The van der Waals surface area contributed by atoms with Crippen molar-refractivity contribution in [3.8, 4) is 16.9 Å². The van der Waals surface area contributed by atoms with Gasteiger partial charge in [-0.05, 0) is 93.5 Å². The van der Waals surface area contributed by atoms with Gasteiger partial charge in [0.2, 0.25) is 0 Å². The molecule has 0 bridgehead atoms. The van der Waals surface area contributed by atoms with E-state index in [1.54, 1.807) is 24.4 Å². The first-order valence-electron chi connectivity index (χ1n) is 14.5. The standard InChI is InChI=1S/C32H40ClFN8O/c1-3-4-9-27(38-14-6-15-39-31(36)37)22-10-12-24(13-11-22)42-19-23-18-28(40-30(23)41-32(42)43)25-16-21(8-5-7-20(2)35)17-26(33)29(25)34/h3,10-13,16-20,27,38H,1,4-9,14-15,35H2,2H3,(H4,36,37,39)(H,40,41,43)/t20-,27-/m0/s1. The van der Waals surface area contributed by atoms with Crippen molar-refractivity contribution in [1.82, 2.24) is 25.2 Å². The lowest BCUT2D eigenvalue weighted by Crippen LogP contribution is -2.33. The van der Waals surface area contributed by atoms with Crippen LogP contribution < -0.4 is 27.8 Å². The molecule has 8 N–H and O–H groups in total. The van der Waals surface area contributed by atoms with Gasteiger partial charge in [-0.3, -0.25) is 9.98 Å². The molecular formula is C32H40ClFN8O. The Morgan fingerprint density at radius 1 is 1.21 bits per heavy atom. The number of nitrogens with two attached hydrogens (primary N) is 2. The summed E-state index contributed by atoms with van der Waals surface area (Å²) < 4.78 is 16.6. The first kappa shape index (κ1) is 31.9. The second kappa shape index (κ2) is 15.0. The van der Waals surface area contributed by atoms with Crippen LogP contribution in [0.4, 0.5) is 4.39 Å². The van der Waals surface area contributed by atoms with Crippen molar-refractivity contribution >= 4 is 28.6 Å². The van der Waals surface area contributed by atoms with Gasteiger partial charge in [-0.15, -0.1) is 6.58 Å². The van der Waals surface area contributed by atoms with Crippen molar-refractivity contribution in [3.05, 3.63) is 93.8 Å². The lowest BCUT2D eigenvalue weighted by Gasteiger charge is -2.19. The van der Waals surface area contributed by atoms with Gasteiger partial charge < -0.3 is 27.1 Å². The highest BCUT2D eigenvalue weighted by Gasteiger charge is 2.16. The summed E-state index contributed by atoms with van der Waals surface area (Å²) in [6.07, 6.45) is 8.60. The van der Waals surface area contributed by atoms with Crippen LogP contribution in [-0.2, 0) is 6.42 Å². The van der Waals surface area contributed by atoms with E-state index in [9.17, 15) is 4.79 Å². The summed E-state index contributed by atoms with van der Waals surface area (Å²) in [5, 5.41) is 14.4. The van der Waals surface area contributed by atoms with Crippen LogP contribution in [0.2, 0.25) is 5.02 Å². The van der Waals surface area contributed by atoms with E-state index < -0.39 is 11.5 Å². The third kappa shape index (κ3) is 8.53. The molecule has 0 radical (unpaired) electrons. The fourth-order valence-electron chi connectivity index (χ4n) is 5.06. The second-order valence-corrected chi connectivity index (χ2v) is 11.3. The van der Waals surface area contributed by atoms with Gasteiger partial charge in [0.05, 0.1) is 16.4 Å². The fourth-order valence-corrected chi connectivity index (χ4v) is 5.31. The number of nitrogens with one attached hydrogen (secondary N) is 4. The van der Waals surface area contributed by atoms with E-state index in [-0.39, 0.29) is 23.1 Å². The highest BCUT2D eigenvalue weighted by molar-refractivity contribution is 6.31. The molecule has 228 valence electrons. The Balaban J connectivity index is 1.55. The highest BCUT2D eigenvalue weighted by atomic mass is 35.5. The van der Waals surface area contributed by atoms with E-state index in [1.807, 2.05) is 37.3 Å². The van der Waals surface area contributed by atoms with Crippen molar-refractivity contribution in [3.63, 3.8) is 0 Å². The number of halogens is 2. The fraction of sp³-hybridized carbons (Fsp3) is 0.344. The Kier molecular flexibility index (Phi) is 11.1. The molecule has 2 heterocycles. The monoisotopic (exact) mass is 606 g/mol. The topological polar surface area (TPSA) is 151 Å². The van der Waals surface area contributed by atoms with Gasteiger partial charge in [0.25, 0.3) is 0 Å². The molecular weight excluding hydrogens is 567 g/mol. The van der Waals surface area contributed by atoms with Gasteiger partial charge in [-0.1, -0.05) is 29.8 Å². The first-order valence-corrected chi connectivity index (χ1v) is 14.9. The molecule has 2 atom stereocenters. The zero-order valence-corrected chi connectivity index (χ0v) is 25.2. The average Bonchev–Trinajstić information content (AvgIpc) is 3.38. The molecule has 9 nitrogen and oxygen atoms in total. The number of guanidine groups is 1. The summed E-state index contributed by atoms with van der Waals surface area (Å²) in [7, 11) is 0. The molecule has 0 aliphatic heterocycles. The highest BCUT2D eigenvalue weighted by Crippen LogP contribution is 2.31. The summed E-state index contributed by atoms with van der Waals surface area (Å²) >= 11 is 6.25. The van der Waals surface area contributed by atoms with Gasteiger partial charge >= 0.3 is 5.69 Å². The molecule has 11 heteroatoms. The Morgan fingerprint density at radius 3 is 2.67 bits per heavy atom. The van der Waals surface area contributed by atoms with Crippen LogP contribution in [0.15, 0.2) is 66.1 Å². The molecule has 0 amide bonds. The average molecular weight is 607 g/mol. The molecule has 0 spiro atoms. The predicted molar refractivity (Wildman–Crippen MR) is 173 cm³/mol. The number of fused-ring (bicyclic) bond motifs is 1. The number of aromatic amines is 1. The largest absolute Gasteiger partial charge is 0.370 e. The number of aromatic nitrogens is 3. The number of H-pyrrole nitrogens is 1. The summed E-state index contributed by atoms with van der Waals surface area (Å²) in [6.45, 7) is 7.17. The van der Waals surface area contributed by atoms with E-state index in [4.69, 9.17) is 28.5 Å². The Labute approximate surface area is 256 Å². The molecule has 0 aliphatic rings. The van der Waals surface area contributed by atoms with E-state index in [0.29, 0.717) is 34.5 Å². The van der Waals surface area contributed by atoms with Gasteiger partial charge in [-0.2, -0.15) is 4.98 Å². The third-order valence-electron chi connectivity index (χ3n) is 7.30. The minimum Gasteiger partial charge on any atom is -0.370 e. The van der Waals surface area contributed by atoms with Crippen molar-refractivity contribution < 1.29 is 4.39 Å². The van der Waals surface area contributed by atoms with Gasteiger partial charge in [0, 0.05) is 35.8 Å². The number of rotatable bonds is 15. The Morgan fingerprint density at radius 2 is 1.98 bits per heavy atom. The van der Waals surface area contributed by atoms with Crippen LogP contribution in [0.5, 0.6) is 0 Å². The zero-order chi connectivity index (χ0) is 30.9. The summed E-state index contributed by atoms with van der Waals surface area (Å²) in [4.78, 5) is 20.3. The molecule has 43 heavy (non-hydrogen) atoms. The third-order valence-corrected chi connectivity index (χ3v) is 7.58. The maximum Gasteiger partial charge on any atom is 0.354 e. The van der Waals surface area contributed by atoms with Crippen LogP contribution >= 0.6 is 11.6 Å². The van der Waals surface area contributed by atoms with Crippen LogP contribution in [0.25, 0.3) is 28.0 Å². The minimum atomic E-state index is -0.523. The number of nitrogens with zero attached hydrogens (tertiary/aromatic N) is 2. The lowest BCUT2D eigenvalue weighted by atomic mass is 10.0. The van der Waals surface area contributed by atoms with Gasteiger partial charge in [0.1, 0.15) is 5.65 Å². The van der Waals surface area contributed by atoms with Crippen LogP contribution in [0.3, 0.4) is 0 Å². The van der Waals surface area contributed by atoms with Gasteiger partial charge in [-0.25, -0.2) is 9.18 Å². The molecule has 4 aromatic rings. The predicted octanol–water partition coefficient (Wildman–Crippen LogP) is 5.31. The van der Waals surface area contributed by atoms with Crippen molar-refractivity contribution in [2.45, 2.75) is 57.5 Å². The quantitative estimate of drug-likeness (QED) is 0.0467. The molecule has 4 rings (SSSR count). The van der Waals surface area contributed by atoms with E-state index >= 15 is 4.39 Å². The van der Waals surface area contributed by atoms with Crippen LogP contribution in [0.1, 0.15) is 56.2 Å². The molecule has 0 fully saturated rings. The normalized spacial score (nSPS) is 12.7. The summed E-state index contributed by atoms with van der Waals surface area (Å²) in [6, 6.07) is 13.2. The number of benzene rings is 2. The first-order chi connectivity index (χ1) is 20.7. The molecule has 0 saturated heterocycles. The number of aryl methyl sites for hydroxylation is 1. The molecule has 0 saturated carbocycles. The maximum absolute atomic E-state index is 15.1. The zero-order valence-electron chi connectivity index (χ0n) is 24.4. The molecule has 0 unspecified atom stereocenters. The SMILES string of the molecule is C=CCC[C@H](NCCCNC(=N)N)c1ccc(-n2cc3cc(-c4cc(CCC[C@H](C)N)cc(Cl)c4F)[nH]c3nc2=O)cc1. The Bertz CT molecular complexity index is 1610. The lowest BCUT2D eigenvalue weighted by molar-refractivity contribution is 0.495. The van der Waals surface area contributed by atoms with Crippen molar-refractivity contribution in [2.24, 2.45) is 11.5 Å². The number of hydrogen-bond acceptors (Lipinski definition) is 5. The summed E-state index contributed by atoms with van der Waals surface area (Å²) in [5.41, 5.74) is 14.7. The molecule has 2 aromatic carbocycles.